The Morgan fingerprint density at radius 2 is 1.38 bits per heavy atom. The van der Waals surface area contributed by atoms with E-state index in [4.69, 9.17) is 18.9 Å². The Balaban J connectivity index is 2.60. The van der Waals surface area contributed by atoms with Gasteiger partial charge in [0.1, 0.15) is 34.9 Å². The first kappa shape index (κ1) is 29.4. The van der Waals surface area contributed by atoms with Crippen molar-refractivity contribution in [2.24, 2.45) is 0 Å². The number of aromatic nitrogens is 3. The molecule has 0 aliphatic rings. The Bertz CT molecular complexity index is 1120. The number of anilines is 1. The highest BCUT2D eigenvalue weighted by atomic mass is 19.1. The summed E-state index contributed by atoms with van der Waals surface area (Å²) in [6.07, 6.45) is 0.392. The lowest BCUT2D eigenvalue weighted by molar-refractivity contribution is -0.0112. The summed E-state index contributed by atoms with van der Waals surface area (Å²) in [4.78, 5) is 51.4. The molecule has 0 atom stereocenters. The Morgan fingerprint density at radius 3 is 1.86 bits per heavy atom. The van der Waals surface area contributed by atoms with Gasteiger partial charge in [0.25, 0.3) is 0 Å². The molecule has 0 radical (unpaired) electrons. The van der Waals surface area contributed by atoms with Crippen LogP contribution in [0, 0.1) is 5.82 Å². The summed E-state index contributed by atoms with van der Waals surface area (Å²) in [5.74, 6) is -0.917. The molecule has 12 heteroatoms. The Labute approximate surface area is 215 Å². The first-order chi connectivity index (χ1) is 16.8. The fourth-order valence-corrected chi connectivity index (χ4v) is 2.67. The molecule has 2 amide bonds. The van der Waals surface area contributed by atoms with E-state index in [1.807, 2.05) is 0 Å². The topological polar surface area (TPSA) is 130 Å². The summed E-state index contributed by atoms with van der Waals surface area (Å²) < 4.78 is 34.9. The molecule has 2 heterocycles. The van der Waals surface area contributed by atoms with Gasteiger partial charge in [0.15, 0.2) is 5.82 Å². The first-order valence-electron chi connectivity index (χ1n) is 11.4. The Kier molecular flexibility index (Phi) is 8.79. The molecule has 0 aliphatic heterocycles. The van der Waals surface area contributed by atoms with E-state index in [1.54, 1.807) is 62.3 Å². The number of halogens is 1. The van der Waals surface area contributed by atoms with E-state index >= 15 is 0 Å². The van der Waals surface area contributed by atoms with Gasteiger partial charge in [-0.2, -0.15) is 4.90 Å². The van der Waals surface area contributed by atoms with Crippen LogP contribution in [0.4, 0.5) is 24.6 Å². The minimum absolute atomic E-state index is 0.121. The van der Waals surface area contributed by atoms with Gasteiger partial charge in [0.05, 0.1) is 18.1 Å². The maximum atomic E-state index is 13.8. The number of hydrogen-bond acceptors (Lipinski definition) is 10. The number of amides is 2. The Hall–Kier alpha value is -3.83. The highest BCUT2D eigenvalue weighted by Gasteiger charge is 2.36. The lowest BCUT2D eigenvalue weighted by Crippen LogP contribution is -2.44. The van der Waals surface area contributed by atoms with Crippen molar-refractivity contribution in [3.63, 3.8) is 0 Å². The monoisotopic (exact) mass is 520 g/mol. The molecular weight excluding hydrogens is 487 g/mol. The molecule has 202 valence electrons. The largest absolute Gasteiger partial charge is 0.509 e. The van der Waals surface area contributed by atoms with Gasteiger partial charge in [-0.05, 0) is 68.4 Å². The number of pyridine rings is 1. The van der Waals surface area contributed by atoms with Crippen LogP contribution in [-0.2, 0) is 25.6 Å². The number of nitrogens with zero attached hydrogens (tertiary/aromatic N) is 4. The van der Waals surface area contributed by atoms with Crippen molar-refractivity contribution in [2.45, 2.75) is 85.7 Å². The smallest absolute Gasteiger partial charge is 0.443 e. The molecule has 37 heavy (non-hydrogen) atoms. The van der Waals surface area contributed by atoms with Crippen molar-refractivity contribution < 1.29 is 37.7 Å². The maximum Gasteiger partial charge on any atom is 0.509 e. The van der Waals surface area contributed by atoms with Crippen molar-refractivity contribution in [1.29, 1.82) is 0 Å². The van der Waals surface area contributed by atoms with Gasteiger partial charge in [0.2, 0.25) is 0 Å². The van der Waals surface area contributed by atoms with Crippen LogP contribution in [0.5, 0.6) is 0 Å². The third-order valence-corrected chi connectivity index (χ3v) is 3.90. The number of hydrogen-bond donors (Lipinski definition) is 0. The van der Waals surface area contributed by atoms with Gasteiger partial charge in [-0.15, -0.1) is 0 Å². The molecule has 0 fully saturated rings. The molecule has 2 aromatic rings. The average molecular weight is 521 g/mol. The van der Waals surface area contributed by atoms with Gasteiger partial charge < -0.3 is 18.9 Å². The zero-order chi connectivity index (χ0) is 28.2. The highest BCUT2D eigenvalue weighted by Crippen LogP contribution is 2.26. The molecule has 0 saturated carbocycles. The fraction of sp³-hybridized carbons (Fsp3) is 0.520. The molecule has 0 aromatic carbocycles. The zero-order valence-electron chi connectivity index (χ0n) is 22.5. The van der Waals surface area contributed by atoms with Crippen LogP contribution in [0.1, 0.15) is 68.0 Å². The predicted octanol–water partition coefficient (Wildman–Crippen LogP) is 5.81. The van der Waals surface area contributed by atoms with Gasteiger partial charge >= 0.3 is 18.3 Å². The van der Waals surface area contributed by atoms with E-state index in [0.29, 0.717) is 4.90 Å². The number of rotatable bonds is 4. The molecule has 2 aromatic heterocycles. The van der Waals surface area contributed by atoms with E-state index in [9.17, 15) is 18.8 Å². The highest BCUT2D eigenvalue weighted by molar-refractivity contribution is 6.09. The third kappa shape index (κ3) is 9.62. The standard InChI is InChI=1S/C25H33FN4O7/c1-23(2,3)35-20(31)30(21(32)36-24(4,5)6)19-18(14-34-22(33)37-25(7,8)9)29-17(13-28-19)15-10-16(26)12-27-11-15/h10-13H,14H2,1-9H3. The minimum atomic E-state index is -1.09. The van der Waals surface area contributed by atoms with Crippen LogP contribution in [0.2, 0.25) is 0 Å². The van der Waals surface area contributed by atoms with Crippen molar-refractivity contribution in [1.82, 2.24) is 15.0 Å². The second-order valence-electron chi connectivity index (χ2n) is 11.0. The summed E-state index contributed by atoms with van der Waals surface area (Å²) in [5, 5.41) is 0. The second kappa shape index (κ2) is 11.1. The number of carbonyl (C=O) groups is 3. The van der Waals surface area contributed by atoms with Crippen LogP contribution >= 0.6 is 0 Å². The van der Waals surface area contributed by atoms with Crippen LogP contribution in [0.15, 0.2) is 24.7 Å². The fourth-order valence-electron chi connectivity index (χ4n) is 2.67. The third-order valence-electron chi connectivity index (χ3n) is 3.90. The Morgan fingerprint density at radius 1 is 0.838 bits per heavy atom. The van der Waals surface area contributed by atoms with Gasteiger partial charge in [-0.1, -0.05) is 0 Å². The average Bonchev–Trinajstić information content (AvgIpc) is 2.69. The first-order valence-corrected chi connectivity index (χ1v) is 11.4. The summed E-state index contributed by atoms with van der Waals surface area (Å²) in [7, 11) is 0. The van der Waals surface area contributed by atoms with Crippen LogP contribution in [0.3, 0.4) is 0 Å². The summed E-state index contributed by atoms with van der Waals surface area (Å²) >= 11 is 0. The molecule has 0 saturated heterocycles. The molecule has 0 aliphatic carbocycles. The zero-order valence-corrected chi connectivity index (χ0v) is 22.5. The number of imide groups is 1. The van der Waals surface area contributed by atoms with Gasteiger partial charge in [-0.3, -0.25) is 4.98 Å². The lowest BCUT2D eigenvalue weighted by Gasteiger charge is -2.28. The minimum Gasteiger partial charge on any atom is -0.443 e. The molecule has 2 rings (SSSR count). The SMILES string of the molecule is CC(C)(C)OC(=O)OCc1nc(-c2cncc(F)c2)cnc1N(C(=O)OC(C)(C)C)C(=O)OC(C)(C)C. The van der Waals surface area contributed by atoms with Crippen molar-refractivity contribution in [2.75, 3.05) is 4.90 Å². The van der Waals surface area contributed by atoms with Gasteiger partial charge in [0, 0.05) is 11.8 Å². The quantitative estimate of drug-likeness (QED) is 0.360. The summed E-state index contributed by atoms with van der Waals surface area (Å²) in [6.45, 7) is 14.2. The van der Waals surface area contributed by atoms with E-state index in [0.717, 1.165) is 6.20 Å². The maximum absolute atomic E-state index is 13.8. The van der Waals surface area contributed by atoms with Crippen LogP contribution in [0.25, 0.3) is 11.3 Å². The van der Waals surface area contributed by atoms with Crippen LogP contribution < -0.4 is 4.90 Å². The van der Waals surface area contributed by atoms with Crippen molar-refractivity contribution in [3.05, 3.63) is 36.2 Å². The van der Waals surface area contributed by atoms with E-state index in [2.05, 4.69) is 15.0 Å². The molecule has 0 bridgehead atoms. The van der Waals surface area contributed by atoms with E-state index in [-0.39, 0.29) is 22.8 Å². The summed E-state index contributed by atoms with van der Waals surface area (Å²) in [6, 6.07) is 1.18. The normalized spacial score (nSPS) is 11.9. The molecule has 0 unspecified atom stereocenters. The van der Waals surface area contributed by atoms with Crippen molar-refractivity contribution >= 4 is 24.2 Å². The van der Waals surface area contributed by atoms with Crippen molar-refractivity contribution in [3.8, 4) is 11.3 Å². The molecule has 11 nitrogen and oxygen atoms in total. The summed E-state index contributed by atoms with van der Waals surface area (Å²) in [5.41, 5.74) is -2.48. The second-order valence-corrected chi connectivity index (χ2v) is 11.0. The predicted molar refractivity (Wildman–Crippen MR) is 131 cm³/mol. The van der Waals surface area contributed by atoms with Gasteiger partial charge in [-0.25, -0.2) is 28.7 Å². The number of ether oxygens (including phenoxy) is 4. The molecule has 0 N–H and O–H groups in total. The lowest BCUT2D eigenvalue weighted by atomic mass is 10.2. The molecule has 0 spiro atoms. The molecular formula is C25H33FN4O7. The van der Waals surface area contributed by atoms with Crippen LogP contribution in [-0.4, -0.2) is 50.1 Å². The van der Waals surface area contributed by atoms with E-state index in [1.165, 1.54) is 18.5 Å². The van der Waals surface area contributed by atoms with E-state index < -0.39 is 47.6 Å². The number of carbonyl (C=O) groups excluding carboxylic acids is 3.